The quantitative estimate of drug-likeness (QED) is 0.636. The number of aliphatic hydroxyl groups is 1. The van der Waals surface area contributed by atoms with Crippen LogP contribution in [-0.2, 0) is 26.0 Å². The maximum Gasteiger partial charge on any atom is 0.313 e. The summed E-state index contributed by atoms with van der Waals surface area (Å²) in [5.41, 5.74) is 1.69. The summed E-state index contributed by atoms with van der Waals surface area (Å²) in [6.45, 7) is 0.0539. The van der Waals surface area contributed by atoms with E-state index in [2.05, 4.69) is 10.6 Å². The van der Waals surface area contributed by atoms with E-state index in [-0.39, 0.29) is 17.4 Å². The van der Waals surface area contributed by atoms with Crippen molar-refractivity contribution in [1.29, 1.82) is 0 Å². The maximum absolute atomic E-state index is 12.9. The fraction of sp³-hybridized carbons (Fsp3) is 0.294. The Kier molecular flexibility index (Phi) is 5.78. The highest BCUT2D eigenvalue weighted by Gasteiger charge is 2.30. The molecule has 1 aliphatic rings. The van der Waals surface area contributed by atoms with Crippen molar-refractivity contribution in [1.82, 2.24) is 5.32 Å². The SMILES string of the molecule is O=C(NCCO)C(=O)Nc1ccc2c(c1)N(S(=O)(=O)c1cccs1)CCC2. The number of nitrogens with one attached hydrogen (secondary N) is 2. The number of aryl methyl sites for hydroxylation is 1. The van der Waals surface area contributed by atoms with Gasteiger partial charge < -0.3 is 15.7 Å². The van der Waals surface area contributed by atoms with Crippen molar-refractivity contribution in [2.24, 2.45) is 0 Å². The molecular weight excluding hydrogens is 390 g/mol. The van der Waals surface area contributed by atoms with Gasteiger partial charge in [-0.3, -0.25) is 13.9 Å². The fourth-order valence-corrected chi connectivity index (χ4v) is 5.46. The molecule has 8 nitrogen and oxygen atoms in total. The number of anilines is 2. The molecule has 0 spiro atoms. The lowest BCUT2D eigenvalue weighted by molar-refractivity contribution is -0.136. The minimum atomic E-state index is -3.67. The van der Waals surface area contributed by atoms with E-state index in [1.54, 1.807) is 35.7 Å². The molecule has 0 saturated heterocycles. The molecule has 0 bridgehead atoms. The molecule has 3 N–H and O–H groups in total. The predicted octanol–water partition coefficient (Wildman–Crippen LogP) is 0.937. The molecule has 1 aliphatic heterocycles. The first-order valence-corrected chi connectivity index (χ1v) is 10.6. The Morgan fingerprint density at radius 1 is 1.22 bits per heavy atom. The van der Waals surface area contributed by atoms with Crippen LogP contribution in [0.5, 0.6) is 0 Å². The molecule has 2 aromatic rings. The van der Waals surface area contributed by atoms with Gasteiger partial charge in [0.05, 0.1) is 12.3 Å². The van der Waals surface area contributed by atoms with Gasteiger partial charge in [0, 0.05) is 18.8 Å². The number of amides is 2. The summed E-state index contributed by atoms with van der Waals surface area (Å²) < 4.78 is 27.5. The van der Waals surface area contributed by atoms with E-state index < -0.39 is 21.8 Å². The van der Waals surface area contributed by atoms with Gasteiger partial charge in [0.15, 0.2) is 0 Å². The number of thiophene rings is 1. The Morgan fingerprint density at radius 2 is 2.04 bits per heavy atom. The average Bonchev–Trinajstić information content (AvgIpc) is 3.21. The van der Waals surface area contributed by atoms with Crippen LogP contribution in [-0.4, -0.2) is 45.0 Å². The number of sulfonamides is 1. The van der Waals surface area contributed by atoms with Crippen molar-refractivity contribution in [2.75, 3.05) is 29.3 Å². The number of benzene rings is 1. The van der Waals surface area contributed by atoms with E-state index in [0.717, 1.165) is 23.3 Å². The van der Waals surface area contributed by atoms with Crippen molar-refractivity contribution < 1.29 is 23.1 Å². The highest BCUT2D eigenvalue weighted by atomic mass is 32.2. The van der Waals surface area contributed by atoms with Gasteiger partial charge >= 0.3 is 11.8 Å². The molecule has 27 heavy (non-hydrogen) atoms. The fourth-order valence-electron chi connectivity index (χ4n) is 2.82. The van der Waals surface area contributed by atoms with Crippen LogP contribution >= 0.6 is 11.3 Å². The Labute approximate surface area is 160 Å². The highest BCUT2D eigenvalue weighted by Crippen LogP contribution is 2.35. The largest absolute Gasteiger partial charge is 0.395 e. The highest BCUT2D eigenvalue weighted by molar-refractivity contribution is 7.94. The number of hydrogen-bond donors (Lipinski definition) is 3. The molecule has 1 aromatic carbocycles. The van der Waals surface area contributed by atoms with Gasteiger partial charge in [-0.2, -0.15) is 0 Å². The first kappa shape index (κ1) is 19.3. The molecule has 1 aromatic heterocycles. The topological polar surface area (TPSA) is 116 Å². The lowest BCUT2D eigenvalue weighted by Crippen LogP contribution is -2.37. The Balaban J connectivity index is 1.86. The zero-order valence-corrected chi connectivity index (χ0v) is 16.0. The van der Waals surface area contributed by atoms with Crippen molar-refractivity contribution in [2.45, 2.75) is 17.1 Å². The maximum atomic E-state index is 12.9. The smallest absolute Gasteiger partial charge is 0.313 e. The van der Waals surface area contributed by atoms with Crippen LogP contribution in [0, 0.1) is 0 Å². The minimum absolute atomic E-state index is 0.0245. The number of hydrogen-bond acceptors (Lipinski definition) is 6. The van der Waals surface area contributed by atoms with Gasteiger partial charge in [-0.25, -0.2) is 8.42 Å². The first-order valence-electron chi connectivity index (χ1n) is 8.32. The van der Waals surface area contributed by atoms with Crippen LogP contribution in [0.4, 0.5) is 11.4 Å². The third-order valence-electron chi connectivity index (χ3n) is 4.06. The number of carbonyl (C=O) groups excluding carboxylic acids is 2. The number of rotatable bonds is 5. The van der Waals surface area contributed by atoms with Crippen molar-refractivity contribution in [3.05, 3.63) is 41.3 Å². The van der Waals surface area contributed by atoms with E-state index in [4.69, 9.17) is 5.11 Å². The zero-order valence-electron chi connectivity index (χ0n) is 14.3. The van der Waals surface area contributed by atoms with E-state index in [1.807, 2.05) is 0 Å². The predicted molar refractivity (Wildman–Crippen MR) is 102 cm³/mol. The summed E-state index contributed by atoms with van der Waals surface area (Å²) in [4.78, 5) is 23.6. The summed E-state index contributed by atoms with van der Waals surface area (Å²) >= 11 is 1.15. The summed E-state index contributed by atoms with van der Waals surface area (Å²) in [7, 11) is -3.67. The molecule has 10 heteroatoms. The zero-order chi connectivity index (χ0) is 19.4. The van der Waals surface area contributed by atoms with E-state index in [9.17, 15) is 18.0 Å². The van der Waals surface area contributed by atoms with Crippen LogP contribution < -0.4 is 14.9 Å². The summed E-state index contributed by atoms with van der Waals surface area (Å²) in [6, 6.07) is 8.20. The molecule has 2 amide bonds. The third kappa shape index (κ3) is 4.12. The van der Waals surface area contributed by atoms with Gasteiger partial charge in [-0.05, 0) is 42.0 Å². The Morgan fingerprint density at radius 3 is 2.74 bits per heavy atom. The lowest BCUT2D eigenvalue weighted by atomic mass is 10.0. The Hall–Kier alpha value is -2.43. The van der Waals surface area contributed by atoms with Gasteiger partial charge in [-0.1, -0.05) is 12.1 Å². The monoisotopic (exact) mass is 409 g/mol. The number of carbonyl (C=O) groups is 2. The molecule has 0 radical (unpaired) electrons. The normalized spacial score (nSPS) is 13.7. The first-order chi connectivity index (χ1) is 12.9. The Bertz CT molecular complexity index is 941. The van der Waals surface area contributed by atoms with E-state index in [1.165, 1.54) is 4.31 Å². The molecule has 0 atom stereocenters. The summed E-state index contributed by atoms with van der Waals surface area (Å²) in [5.74, 6) is -1.75. The van der Waals surface area contributed by atoms with Crippen molar-refractivity contribution in [3.8, 4) is 0 Å². The van der Waals surface area contributed by atoms with Crippen molar-refractivity contribution >= 4 is 44.5 Å². The van der Waals surface area contributed by atoms with Crippen LogP contribution in [0.15, 0.2) is 39.9 Å². The summed E-state index contributed by atoms with van der Waals surface area (Å²) in [5, 5.41) is 15.1. The molecule has 0 fully saturated rings. The standard InChI is InChI=1S/C17H19N3O5S2/c21-9-7-18-16(22)17(23)19-13-6-5-12-3-1-8-20(14(12)11-13)27(24,25)15-4-2-10-26-15/h2,4-6,10-11,21H,1,3,7-9H2,(H,18,22)(H,19,23). The third-order valence-corrected chi connectivity index (χ3v) is 7.25. The van der Waals surface area contributed by atoms with Crippen LogP contribution in [0.3, 0.4) is 0 Å². The van der Waals surface area contributed by atoms with Crippen LogP contribution in [0.2, 0.25) is 0 Å². The van der Waals surface area contributed by atoms with E-state index in [0.29, 0.717) is 24.3 Å². The van der Waals surface area contributed by atoms with Crippen LogP contribution in [0.1, 0.15) is 12.0 Å². The molecule has 0 saturated carbocycles. The number of fused-ring (bicyclic) bond motifs is 1. The molecule has 3 rings (SSSR count). The van der Waals surface area contributed by atoms with Gasteiger partial charge in [0.2, 0.25) is 0 Å². The van der Waals surface area contributed by atoms with E-state index >= 15 is 0 Å². The van der Waals surface area contributed by atoms with Gasteiger partial charge in [0.1, 0.15) is 4.21 Å². The van der Waals surface area contributed by atoms with Gasteiger partial charge in [-0.15, -0.1) is 11.3 Å². The van der Waals surface area contributed by atoms with Crippen molar-refractivity contribution in [3.63, 3.8) is 0 Å². The molecular formula is C17H19N3O5S2. The second-order valence-corrected chi connectivity index (χ2v) is 8.93. The van der Waals surface area contributed by atoms with Crippen LogP contribution in [0.25, 0.3) is 0 Å². The summed E-state index contributed by atoms with van der Waals surface area (Å²) in [6.07, 6.45) is 1.43. The second kappa shape index (κ2) is 8.07. The molecule has 0 unspecified atom stereocenters. The molecule has 2 heterocycles. The number of nitrogens with zero attached hydrogens (tertiary/aromatic N) is 1. The second-order valence-electron chi connectivity index (χ2n) is 5.89. The average molecular weight is 409 g/mol. The number of aliphatic hydroxyl groups excluding tert-OH is 1. The molecule has 0 aliphatic carbocycles. The molecule has 144 valence electrons. The minimum Gasteiger partial charge on any atom is -0.395 e. The van der Waals surface area contributed by atoms with Gasteiger partial charge in [0.25, 0.3) is 10.0 Å². The lowest BCUT2D eigenvalue weighted by Gasteiger charge is -2.30.